The van der Waals surface area contributed by atoms with Crippen LogP contribution in [-0.4, -0.2) is 30.2 Å². The molecule has 0 aliphatic heterocycles. The van der Waals surface area contributed by atoms with Crippen molar-refractivity contribution in [1.29, 1.82) is 0 Å². The third-order valence-corrected chi connectivity index (χ3v) is 4.96. The number of fused-ring (bicyclic) bond motifs is 1. The van der Waals surface area contributed by atoms with E-state index in [1.54, 1.807) is 25.1 Å². The lowest BCUT2D eigenvalue weighted by Gasteiger charge is -2.14. The summed E-state index contributed by atoms with van der Waals surface area (Å²) >= 11 is 0. The lowest BCUT2D eigenvalue weighted by molar-refractivity contribution is -0.115. The van der Waals surface area contributed by atoms with Gasteiger partial charge in [-0.1, -0.05) is 36.4 Å². The summed E-state index contributed by atoms with van der Waals surface area (Å²) in [4.78, 5) is 30.4. The van der Waals surface area contributed by atoms with Gasteiger partial charge in [0.2, 0.25) is 11.7 Å². The zero-order valence-corrected chi connectivity index (χ0v) is 16.9. The van der Waals surface area contributed by atoms with Crippen molar-refractivity contribution in [2.75, 3.05) is 5.32 Å². The van der Waals surface area contributed by atoms with Crippen LogP contribution >= 0.6 is 0 Å². The predicted octanol–water partition coefficient (Wildman–Crippen LogP) is 2.94. The second-order valence-corrected chi connectivity index (χ2v) is 7.05. The molecule has 8 heteroatoms. The van der Waals surface area contributed by atoms with Gasteiger partial charge in [0.05, 0.1) is 6.42 Å². The molecule has 2 aromatic carbocycles. The van der Waals surface area contributed by atoms with Crippen LogP contribution in [0, 0.1) is 6.92 Å². The molecule has 0 saturated carbocycles. The van der Waals surface area contributed by atoms with Crippen LogP contribution in [0.4, 0.5) is 5.69 Å². The van der Waals surface area contributed by atoms with Crippen molar-refractivity contribution in [2.45, 2.75) is 19.9 Å². The Labute approximate surface area is 178 Å². The van der Waals surface area contributed by atoms with Crippen LogP contribution in [0.2, 0.25) is 0 Å². The lowest BCUT2D eigenvalue weighted by Crippen LogP contribution is -2.29. The fourth-order valence-corrected chi connectivity index (χ4v) is 3.38. The summed E-state index contributed by atoms with van der Waals surface area (Å²) < 4.78 is 3.05. The Bertz CT molecular complexity index is 1320. The highest BCUT2D eigenvalue weighted by Gasteiger charge is 2.20. The Hall–Kier alpha value is -4.20. The number of nitrogens with one attached hydrogen (secondary N) is 1. The van der Waals surface area contributed by atoms with Gasteiger partial charge in [-0.2, -0.15) is 9.50 Å². The van der Waals surface area contributed by atoms with Crippen molar-refractivity contribution in [1.82, 2.24) is 19.2 Å². The van der Waals surface area contributed by atoms with E-state index in [9.17, 15) is 14.7 Å². The maximum atomic E-state index is 13.2. The number of phenolic OH excluding ortho intramolecular Hbond substituents is 1. The summed E-state index contributed by atoms with van der Waals surface area (Å²) in [5.74, 6) is 0.579. The molecule has 0 fully saturated rings. The Morgan fingerprint density at radius 3 is 2.55 bits per heavy atom. The standard InChI is InChI=1S/C23H21N5O3/c1-3-13-27-15(2)19(14-20(30)24-17-9-11-18(29)12-10-17)22(31)28-23(27)25-21(26-28)16-7-5-4-6-8-16/h3-12,29H,1,13-14H2,2H3,(H,24,30). The van der Waals surface area contributed by atoms with Crippen LogP contribution < -0.4 is 10.9 Å². The molecule has 0 unspecified atom stereocenters. The van der Waals surface area contributed by atoms with E-state index in [0.29, 0.717) is 35.1 Å². The first kappa shape index (κ1) is 20.1. The fraction of sp³-hybridized carbons (Fsp3) is 0.130. The molecular formula is C23H21N5O3. The molecule has 0 bridgehead atoms. The summed E-state index contributed by atoms with van der Waals surface area (Å²) in [6.07, 6.45) is 1.58. The fourth-order valence-electron chi connectivity index (χ4n) is 3.38. The van der Waals surface area contributed by atoms with E-state index in [0.717, 1.165) is 5.56 Å². The zero-order valence-electron chi connectivity index (χ0n) is 16.9. The van der Waals surface area contributed by atoms with Gasteiger partial charge in [-0.25, -0.2) is 0 Å². The van der Waals surface area contributed by atoms with E-state index < -0.39 is 0 Å². The molecule has 31 heavy (non-hydrogen) atoms. The first-order valence-corrected chi connectivity index (χ1v) is 9.72. The Balaban J connectivity index is 1.76. The third kappa shape index (κ3) is 3.95. The quantitative estimate of drug-likeness (QED) is 0.372. The molecular weight excluding hydrogens is 394 g/mol. The van der Waals surface area contributed by atoms with Crippen LogP contribution in [0.15, 0.2) is 72.0 Å². The number of carbonyl (C=O) groups is 1. The second-order valence-electron chi connectivity index (χ2n) is 7.05. The number of rotatable bonds is 6. The monoisotopic (exact) mass is 415 g/mol. The summed E-state index contributed by atoms with van der Waals surface area (Å²) in [5, 5.41) is 16.5. The molecule has 4 rings (SSSR count). The Kier molecular flexibility index (Phi) is 5.36. The second kappa shape index (κ2) is 8.27. The minimum Gasteiger partial charge on any atom is -0.508 e. The normalized spacial score (nSPS) is 10.9. The summed E-state index contributed by atoms with van der Waals surface area (Å²) in [6.45, 7) is 5.98. The molecule has 8 nitrogen and oxygen atoms in total. The number of aromatic nitrogens is 4. The molecule has 2 aromatic heterocycles. The van der Waals surface area contributed by atoms with E-state index in [1.165, 1.54) is 16.6 Å². The lowest BCUT2D eigenvalue weighted by atomic mass is 10.1. The highest BCUT2D eigenvalue weighted by molar-refractivity contribution is 5.92. The SMILES string of the molecule is C=CCn1c(C)c(CC(=O)Nc2ccc(O)cc2)c(=O)n2nc(-c3ccccc3)nc12. The number of hydrogen-bond donors (Lipinski definition) is 2. The van der Waals surface area contributed by atoms with Gasteiger partial charge >= 0.3 is 0 Å². The number of anilines is 1. The molecule has 2 N–H and O–H groups in total. The minimum absolute atomic E-state index is 0.104. The largest absolute Gasteiger partial charge is 0.508 e. The highest BCUT2D eigenvalue weighted by atomic mass is 16.3. The van der Waals surface area contributed by atoms with Gasteiger partial charge < -0.3 is 15.0 Å². The van der Waals surface area contributed by atoms with Gasteiger partial charge in [0.25, 0.3) is 5.56 Å². The molecule has 0 radical (unpaired) electrons. The first-order valence-electron chi connectivity index (χ1n) is 9.72. The average molecular weight is 415 g/mol. The van der Waals surface area contributed by atoms with Gasteiger partial charge in [0.15, 0.2) is 5.82 Å². The van der Waals surface area contributed by atoms with Gasteiger partial charge in [0.1, 0.15) is 5.75 Å². The van der Waals surface area contributed by atoms with Gasteiger partial charge in [0, 0.05) is 29.1 Å². The van der Waals surface area contributed by atoms with Gasteiger partial charge in [-0.3, -0.25) is 9.59 Å². The molecule has 0 saturated heterocycles. The minimum atomic E-state index is -0.386. The molecule has 0 atom stereocenters. The summed E-state index contributed by atoms with van der Waals surface area (Å²) in [5.41, 5.74) is 1.89. The highest BCUT2D eigenvalue weighted by Crippen LogP contribution is 2.18. The molecule has 2 heterocycles. The number of hydrogen-bond acceptors (Lipinski definition) is 5. The number of amides is 1. The van der Waals surface area contributed by atoms with E-state index in [1.807, 2.05) is 34.9 Å². The smallest absolute Gasteiger partial charge is 0.279 e. The van der Waals surface area contributed by atoms with E-state index >= 15 is 0 Å². The molecule has 0 aliphatic rings. The van der Waals surface area contributed by atoms with E-state index in [4.69, 9.17) is 0 Å². The predicted molar refractivity (Wildman–Crippen MR) is 118 cm³/mol. The number of aromatic hydroxyl groups is 1. The molecule has 0 spiro atoms. The first-order chi connectivity index (χ1) is 15.0. The van der Waals surface area contributed by atoms with Crippen molar-refractivity contribution in [3.63, 3.8) is 0 Å². The van der Waals surface area contributed by atoms with Crippen LogP contribution in [0.5, 0.6) is 5.75 Å². The number of benzene rings is 2. The van der Waals surface area contributed by atoms with Crippen molar-refractivity contribution in [2.24, 2.45) is 0 Å². The van der Waals surface area contributed by atoms with Crippen LogP contribution in [-0.2, 0) is 17.8 Å². The molecule has 4 aromatic rings. The van der Waals surface area contributed by atoms with Crippen molar-refractivity contribution < 1.29 is 9.90 Å². The molecule has 1 amide bonds. The van der Waals surface area contributed by atoms with Crippen LogP contribution in [0.25, 0.3) is 17.2 Å². The van der Waals surface area contributed by atoms with Gasteiger partial charge in [-0.15, -0.1) is 11.7 Å². The van der Waals surface area contributed by atoms with E-state index in [-0.39, 0.29) is 23.6 Å². The average Bonchev–Trinajstić information content (AvgIpc) is 3.22. The number of allylic oxidation sites excluding steroid dienone is 1. The van der Waals surface area contributed by atoms with Crippen molar-refractivity contribution in [3.05, 3.63) is 88.9 Å². The van der Waals surface area contributed by atoms with Crippen molar-refractivity contribution >= 4 is 17.4 Å². The van der Waals surface area contributed by atoms with E-state index in [2.05, 4.69) is 22.0 Å². The topological polar surface area (TPSA) is 102 Å². The summed E-state index contributed by atoms with van der Waals surface area (Å²) in [7, 11) is 0. The third-order valence-electron chi connectivity index (χ3n) is 4.96. The maximum Gasteiger partial charge on any atom is 0.279 e. The summed E-state index contributed by atoms with van der Waals surface area (Å²) in [6, 6.07) is 15.5. The van der Waals surface area contributed by atoms with Crippen molar-refractivity contribution in [3.8, 4) is 17.1 Å². The number of carbonyl (C=O) groups excluding carboxylic acids is 1. The zero-order chi connectivity index (χ0) is 22.0. The number of nitrogens with zero attached hydrogens (tertiary/aromatic N) is 4. The van der Waals surface area contributed by atoms with Crippen LogP contribution in [0.3, 0.4) is 0 Å². The molecule has 0 aliphatic carbocycles. The van der Waals surface area contributed by atoms with Gasteiger partial charge in [-0.05, 0) is 31.2 Å². The maximum absolute atomic E-state index is 13.2. The molecule has 156 valence electrons. The Morgan fingerprint density at radius 1 is 1.16 bits per heavy atom. The number of phenols is 1. The van der Waals surface area contributed by atoms with Crippen LogP contribution in [0.1, 0.15) is 11.3 Å². The Morgan fingerprint density at radius 2 is 1.87 bits per heavy atom.